The molecule has 10 heavy (non-hydrogen) atoms. The molecule has 0 rings (SSSR count). The van der Waals surface area contributed by atoms with Crippen molar-refractivity contribution >= 4 is 17.6 Å². The summed E-state index contributed by atoms with van der Waals surface area (Å²) in [6, 6.07) is 0. The number of rotatable bonds is 5. The highest BCUT2D eigenvalue weighted by Crippen LogP contribution is 1.98. The molecule has 0 aliphatic carbocycles. The molecule has 0 saturated carbocycles. The minimum Gasteiger partial charge on any atom is -0.285 e. The Morgan fingerprint density at radius 3 is 2.70 bits per heavy atom. The average molecular weight is 166 g/mol. The Bertz CT molecular complexity index is 117. The fraction of sp³-hybridized carbons (Fsp3) is 0.800. The van der Waals surface area contributed by atoms with Crippen molar-refractivity contribution in [2.24, 2.45) is 5.34 Å². The molecule has 0 spiro atoms. The maximum atomic E-state index is 10.4. The van der Waals surface area contributed by atoms with E-state index in [1.807, 2.05) is 5.34 Å². The number of carbonyl (C=O) groups excluding carboxylic acids is 1. The highest BCUT2D eigenvalue weighted by Gasteiger charge is 2.01. The van der Waals surface area contributed by atoms with Gasteiger partial charge in [0.25, 0.3) is 0 Å². The number of halogens is 1. The summed E-state index contributed by atoms with van der Waals surface area (Å²) in [5.74, 6) is -0.0814. The Hall–Kier alpha value is -0.640. The van der Waals surface area contributed by atoms with Crippen molar-refractivity contribution in [3.05, 3.63) is 4.91 Å². The van der Waals surface area contributed by atoms with Crippen molar-refractivity contribution in [3.63, 3.8) is 0 Å². The third-order valence-electron chi connectivity index (χ3n) is 0.904. The van der Waals surface area contributed by atoms with E-state index in [2.05, 4.69) is 4.84 Å². The van der Waals surface area contributed by atoms with E-state index in [-0.39, 0.29) is 6.42 Å². The van der Waals surface area contributed by atoms with Gasteiger partial charge in [-0.25, -0.2) is 4.79 Å². The standard InChI is InChI=1S/C5H8ClNO3/c6-4-2-1-3-5(8)10-7-9/h1-4H2. The van der Waals surface area contributed by atoms with E-state index in [1.165, 1.54) is 0 Å². The summed E-state index contributed by atoms with van der Waals surface area (Å²) >= 11 is 5.32. The summed E-state index contributed by atoms with van der Waals surface area (Å²) in [6.07, 6.45) is 1.59. The lowest BCUT2D eigenvalue weighted by Crippen LogP contribution is -1.98. The first-order valence-electron chi connectivity index (χ1n) is 2.89. The fourth-order valence-corrected chi connectivity index (χ4v) is 0.640. The van der Waals surface area contributed by atoms with E-state index >= 15 is 0 Å². The van der Waals surface area contributed by atoms with Gasteiger partial charge >= 0.3 is 5.97 Å². The van der Waals surface area contributed by atoms with Crippen LogP contribution in [0.3, 0.4) is 0 Å². The van der Waals surface area contributed by atoms with Crippen molar-refractivity contribution in [2.75, 3.05) is 5.88 Å². The highest BCUT2D eigenvalue weighted by atomic mass is 35.5. The predicted molar refractivity (Wildman–Crippen MR) is 36.5 cm³/mol. The normalized spacial score (nSPS) is 8.90. The lowest BCUT2D eigenvalue weighted by molar-refractivity contribution is -0.144. The Balaban J connectivity index is 3.13. The van der Waals surface area contributed by atoms with Crippen LogP contribution in [0.4, 0.5) is 0 Å². The van der Waals surface area contributed by atoms with E-state index in [9.17, 15) is 9.70 Å². The zero-order valence-corrected chi connectivity index (χ0v) is 6.13. The number of carbonyl (C=O) groups is 1. The van der Waals surface area contributed by atoms with Gasteiger partial charge in [-0.3, -0.25) is 4.84 Å². The van der Waals surface area contributed by atoms with E-state index in [4.69, 9.17) is 11.6 Å². The molecule has 0 heterocycles. The molecule has 0 fully saturated rings. The molecule has 0 unspecified atom stereocenters. The van der Waals surface area contributed by atoms with E-state index < -0.39 is 5.97 Å². The minimum absolute atomic E-state index is 0.207. The number of hydrogen-bond donors (Lipinski definition) is 0. The summed E-state index contributed by atoms with van der Waals surface area (Å²) in [4.78, 5) is 23.5. The molecular formula is C5H8ClNO3. The number of nitrogens with zero attached hydrogens (tertiary/aromatic N) is 1. The lowest BCUT2D eigenvalue weighted by Gasteiger charge is -1.92. The first-order valence-corrected chi connectivity index (χ1v) is 3.43. The summed E-state index contributed by atoms with van der Waals surface area (Å²) in [7, 11) is 0. The quantitative estimate of drug-likeness (QED) is 0.269. The van der Waals surface area contributed by atoms with Crippen molar-refractivity contribution in [3.8, 4) is 0 Å². The number of hydrogen-bond acceptors (Lipinski definition) is 4. The van der Waals surface area contributed by atoms with Crippen LogP contribution >= 0.6 is 11.6 Å². The molecule has 0 aliphatic rings. The summed E-state index contributed by atoms with van der Waals surface area (Å²) < 4.78 is 0. The molecule has 0 bridgehead atoms. The SMILES string of the molecule is O=NOC(=O)CCCCCl. The van der Waals surface area contributed by atoms with Crippen molar-refractivity contribution < 1.29 is 9.63 Å². The zero-order chi connectivity index (χ0) is 7.82. The summed E-state index contributed by atoms with van der Waals surface area (Å²) in [6.45, 7) is 0. The summed E-state index contributed by atoms with van der Waals surface area (Å²) in [5.41, 5.74) is 0. The van der Waals surface area contributed by atoms with Crippen LogP contribution in [0, 0.1) is 4.91 Å². The molecule has 0 aliphatic heterocycles. The van der Waals surface area contributed by atoms with Crippen LogP contribution in [0.1, 0.15) is 19.3 Å². The lowest BCUT2D eigenvalue weighted by atomic mass is 10.2. The second-order valence-corrected chi connectivity index (χ2v) is 2.06. The molecule has 0 aromatic rings. The Kier molecular flexibility index (Phi) is 6.06. The predicted octanol–water partition coefficient (Wildman–Crippen LogP) is 1.62. The van der Waals surface area contributed by atoms with E-state index in [0.717, 1.165) is 6.42 Å². The molecule has 58 valence electrons. The molecule has 0 amide bonds. The van der Waals surface area contributed by atoms with Crippen LogP contribution < -0.4 is 0 Å². The minimum atomic E-state index is -0.597. The van der Waals surface area contributed by atoms with Gasteiger partial charge in [-0.2, -0.15) is 0 Å². The first kappa shape index (κ1) is 9.36. The highest BCUT2D eigenvalue weighted by molar-refractivity contribution is 6.17. The van der Waals surface area contributed by atoms with Gasteiger partial charge in [-0.15, -0.1) is 16.5 Å². The van der Waals surface area contributed by atoms with Crippen LogP contribution in [0.5, 0.6) is 0 Å². The van der Waals surface area contributed by atoms with Crippen LogP contribution in [0.2, 0.25) is 0 Å². The molecular weight excluding hydrogens is 158 g/mol. The molecule has 0 N–H and O–H groups in total. The second kappa shape index (κ2) is 6.48. The smallest absolute Gasteiger partial charge is 0.285 e. The Morgan fingerprint density at radius 2 is 2.20 bits per heavy atom. The average Bonchev–Trinajstić information content (AvgIpc) is 1.89. The maximum absolute atomic E-state index is 10.4. The monoisotopic (exact) mass is 165 g/mol. The first-order chi connectivity index (χ1) is 4.81. The van der Waals surface area contributed by atoms with Gasteiger partial charge in [0.15, 0.2) is 5.34 Å². The number of unbranched alkanes of at least 4 members (excludes halogenated alkanes) is 1. The van der Waals surface area contributed by atoms with Gasteiger partial charge < -0.3 is 0 Å². The fourth-order valence-electron chi connectivity index (χ4n) is 0.451. The third kappa shape index (κ3) is 5.50. The van der Waals surface area contributed by atoms with Crippen LogP contribution in [0.25, 0.3) is 0 Å². The van der Waals surface area contributed by atoms with Crippen molar-refractivity contribution in [1.82, 2.24) is 0 Å². The molecule has 0 aromatic heterocycles. The van der Waals surface area contributed by atoms with E-state index in [0.29, 0.717) is 12.3 Å². The molecule has 5 heteroatoms. The van der Waals surface area contributed by atoms with Gasteiger partial charge in [0.05, 0.1) is 0 Å². The summed E-state index contributed by atoms with van der Waals surface area (Å²) in [5, 5.41) is 1.98. The van der Waals surface area contributed by atoms with Gasteiger partial charge in [-0.1, -0.05) is 0 Å². The van der Waals surface area contributed by atoms with Gasteiger partial charge in [0.1, 0.15) is 0 Å². The molecule has 0 saturated heterocycles. The van der Waals surface area contributed by atoms with Crippen molar-refractivity contribution in [1.29, 1.82) is 0 Å². The van der Waals surface area contributed by atoms with E-state index in [1.54, 1.807) is 0 Å². The number of alkyl halides is 1. The largest absolute Gasteiger partial charge is 0.338 e. The Labute approximate surface area is 63.4 Å². The topological polar surface area (TPSA) is 55.7 Å². The van der Waals surface area contributed by atoms with Gasteiger partial charge in [-0.05, 0) is 12.8 Å². The van der Waals surface area contributed by atoms with Crippen LogP contribution in [-0.4, -0.2) is 11.8 Å². The molecule has 0 atom stereocenters. The third-order valence-corrected chi connectivity index (χ3v) is 1.17. The van der Waals surface area contributed by atoms with Gasteiger partial charge in [0.2, 0.25) is 0 Å². The molecule has 0 radical (unpaired) electrons. The Morgan fingerprint density at radius 1 is 1.50 bits per heavy atom. The second-order valence-electron chi connectivity index (χ2n) is 1.68. The zero-order valence-electron chi connectivity index (χ0n) is 5.38. The van der Waals surface area contributed by atoms with Crippen molar-refractivity contribution in [2.45, 2.75) is 19.3 Å². The van der Waals surface area contributed by atoms with Gasteiger partial charge in [0, 0.05) is 12.3 Å². The molecule has 0 aromatic carbocycles. The van der Waals surface area contributed by atoms with Crippen LogP contribution in [-0.2, 0) is 9.63 Å². The van der Waals surface area contributed by atoms with Crippen LogP contribution in [0.15, 0.2) is 5.34 Å². The molecule has 4 nitrogen and oxygen atoms in total. The maximum Gasteiger partial charge on any atom is 0.338 e.